The zero-order chi connectivity index (χ0) is 11.9. The molecule has 0 aromatic rings. The summed E-state index contributed by atoms with van der Waals surface area (Å²) in [6.07, 6.45) is 1.18. The van der Waals surface area contributed by atoms with Crippen molar-refractivity contribution in [2.45, 2.75) is 0 Å². The summed E-state index contributed by atoms with van der Waals surface area (Å²) in [4.78, 5) is 0. The lowest BCUT2D eigenvalue weighted by molar-refractivity contribution is -0.944. The van der Waals surface area contributed by atoms with E-state index in [2.05, 4.69) is 46.9 Å². The lowest BCUT2D eigenvalue weighted by Crippen LogP contribution is -2.52. The molecule has 0 aromatic carbocycles. The fourth-order valence-corrected chi connectivity index (χ4v) is 2.22. The minimum Gasteiger partial charge on any atom is -0.360 e. The molecule has 3 nitrogen and oxygen atoms in total. The number of hydrogen-bond donors (Lipinski definition) is 0. The van der Waals surface area contributed by atoms with Crippen LogP contribution in [0.3, 0.4) is 0 Å². The van der Waals surface area contributed by atoms with E-state index in [0.717, 1.165) is 22.1 Å². The third-order valence-corrected chi connectivity index (χ3v) is 3.35. The Morgan fingerprint density at radius 3 is 1.73 bits per heavy atom. The maximum Gasteiger partial charge on any atom is 0.128 e. The first kappa shape index (κ1) is 15.7. The van der Waals surface area contributed by atoms with E-state index in [1.165, 1.54) is 25.8 Å². The Kier molecular flexibility index (Phi) is 7.49. The summed E-state index contributed by atoms with van der Waals surface area (Å²) in [6.45, 7) is 5.54. The minimum absolute atomic E-state index is 0.814. The molecule has 0 fully saturated rings. The summed E-state index contributed by atoms with van der Waals surface area (Å²) in [7, 11) is 14.3. The normalized spacial score (nSPS) is 13.2. The van der Waals surface area contributed by atoms with Gasteiger partial charge in [-0.05, 0) is 0 Å². The molecule has 0 amide bonds. The summed E-state index contributed by atoms with van der Waals surface area (Å²) in [5.74, 6) is 0. The fourth-order valence-electron chi connectivity index (χ4n) is 1.41. The van der Waals surface area contributed by atoms with Gasteiger partial charge in [-0.2, -0.15) is 0 Å². The predicted molar refractivity (Wildman–Crippen MR) is 73.9 cm³/mol. The smallest absolute Gasteiger partial charge is 0.128 e. The van der Waals surface area contributed by atoms with Crippen LogP contribution < -0.4 is 0 Å². The molecular formula is C10H28N2OP2+2. The quantitative estimate of drug-likeness (QED) is 0.460. The second-order valence-electron chi connectivity index (χ2n) is 5.43. The first-order valence-electron chi connectivity index (χ1n) is 5.49. The Morgan fingerprint density at radius 1 is 0.867 bits per heavy atom. The van der Waals surface area contributed by atoms with Crippen LogP contribution >= 0.6 is 18.7 Å². The fraction of sp³-hybridized carbons (Fsp3) is 1.00. The van der Waals surface area contributed by atoms with E-state index in [-0.39, 0.29) is 0 Å². The van der Waals surface area contributed by atoms with Gasteiger partial charge in [-0.1, -0.05) is 0 Å². The maximum absolute atomic E-state index is 5.05. The van der Waals surface area contributed by atoms with E-state index in [1.807, 2.05) is 0 Å². The van der Waals surface area contributed by atoms with Crippen LogP contribution in [0.15, 0.2) is 0 Å². The molecule has 5 heteroatoms. The number of likely N-dealkylation sites (N-methyl/N-ethyl adjacent to an activating group) is 2. The van der Waals surface area contributed by atoms with Crippen molar-refractivity contribution in [1.82, 2.24) is 0 Å². The highest BCUT2D eigenvalue weighted by molar-refractivity contribution is 7.16. The van der Waals surface area contributed by atoms with Crippen LogP contribution in [0.1, 0.15) is 0 Å². The lowest BCUT2D eigenvalue weighted by Gasteiger charge is -2.35. The van der Waals surface area contributed by atoms with Gasteiger partial charge in [-0.3, -0.25) is 0 Å². The SMILES string of the molecule is C[N+](C)(CCP)CC[N+](C)(C)CCOP. The van der Waals surface area contributed by atoms with Gasteiger partial charge in [0.15, 0.2) is 0 Å². The molecule has 0 heterocycles. The molecule has 15 heavy (non-hydrogen) atoms. The average molecular weight is 254 g/mol. The standard InChI is InChI=1S/C10H28N2OP2/c1-11(2,7-9-13-15)5-6-12(3,4)8-10-14/h5-10,14-15H2,1-4H3/q+2. The number of hydrogen-bond acceptors (Lipinski definition) is 1. The lowest BCUT2D eigenvalue weighted by atomic mass is 10.3. The third kappa shape index (κ3) is 8.54. The first-order chi connectivity index (χ1) is 6.83. The highest BCUT2D eigenvalue weighted by atomic mass is 31.0. The largest absolute Gasteiger partial charge is 0.360 e. The molecule has 2 unspecified atom stereocenters. The Labute approximate surface area is 99.8 Å². The van der Waals surface area contributed by atoms with Gasteiger partial charge < -0.3 is 13.5 Å². The number of quaternary nitrogens is 2. The van der Waals surface area contributed by atoms with Crippen molar-refractivity contribution >= 4 is 18.7 Å². The molecule has 92 valence electrons. The molecule has 0 aliphatic carbocycles. The second-order valence-corrected chi connectivity index (χ2v) is 6.34. The molecule has 0 bridgehead atoms. The minimum atomic E-state index is 0.814. The van der Waals surface area contributed by atoms with Crippen LogP contribution in [-0.4, -0.2) is 76.1 Å². The van der Waals surface area contributed by atoms with E-state index in [0.29, 0.717) is 0 Å². The topological polar surface area (TPSA) is 9.23 Å². The van der Waals surface area contributed by atoms with Crippen LogP contribution in [0.25, 0.3) is 0 Å². The summed E-state index contributed by atoms with van der Waals surface area (Å²) < 4.78 is 7.19. The van der Waals surface area contributed by atoms with Crippen LogP contribution in [0, 0.1) is 0 Å². The molecule has 0 saturated carbocycles. The highest BCUT2D eigenvalue weighted by Crippen LogP contribution is 2.04. The monoisotopic (exact) mass is 254 g/mol. The van der Waals surface area contributed by atoms with Crippen molar-refractivity contribution in [2.75, 3.05) is 67.1 Å². The Balaban J connectivity index is 3.90. The van der Waals surface area contributed by atoms with Gasteiger partial charge in [0.1, 0.15) is 19.6 Å². The zero-order valence-corrected chi connectivity index (χ0v) is 13.0. The van der Waals surface area contributed by atoms with E-state index in [4.69, 9.17) is 4.52 Å². The van der Waals surface area contributed by atoms with Gasteiger partial charge in [0.05, 0.1) is 41.3 Å². The van der Waals surface area contributed by atoms with Crippen molar-refractivity contribution in [3.63, 3.8) is 0 Å². The van der Waals surface area contributed by atoms with Crippen LogP contribution in [0.4, 0.5) is 0 Å². The molecule has 2 atom stereocenters. The molecule has 0 aromatic heterocycles. The van der Waals surface area contributed by atoms with Crippen molar-refractivity contribution < 1.29 is 13.5 Å². The maximum atomic E-state index is 5.05. The van der Waals surface area contributed by atoms with Crippen molar-refractivity contribution in [2.24, 2.45) is 0 Å². The van der Waals surface area contributed by atoms with E-state index in [1.54, 1.807) is 0 Å². The highest BCUT2D eigenvalue weighted by Gasteiger charge is 2.21. The van der Waals surface area contributed by atoms with Gasteiger partial charge in [0.2, 0.25) is 0 Å². The van der Waals surface area contributed by atoms with Gasteiger partial charge in [0, 0.05) is 15.6 Å². The van der Waals surface area contributed by atoms with Gasteiger partial charge in [0.25, 0.3) is 0 Å². The number of nitrogens with zero attached hydrogens (tertiary/aromatic N) is 2. The van der Waals surface area contributed by atoms with Gasteiger partial charge >= 0.3 is 0 Å². The molecule has 0 saturated heterocycles. The van der Waals surface area contributed by atoms with Crippen LogP contribution in [0.2, 0.25) is 0 Å². The van der Waals surface area contributed by atoms with Gasteiger partial charge in [-0.15, -0.1) is 9.24 Å². The van der Waals surface area contributed by atoms with Crippen molar-refractivity contribution in [3.05, 3.63) is 0 Å². The molecular weight excluding hydrogens is 226 g/mol. The second kappa shape index (κ2) is 7.14. The molecule has 0 spiro atoms. The van der Waals surface area contributed by atoms with E-state index in [9.17, 15) is 0 Å². The average Bonchev–Trinajstić information content (AvgIpc) is 2.12. The van der Waals surface area contributed by atoms with E-state index < -0.39 is 0 Å². The predicted octanol–water partition coefficient (Wildman–Crippen LogP) is 0.821. The molecule has 0 aliphatic rings. The van der Waals surface area contributed by atoms with Crippen LogP contribution in [0.5, 0.6) is 0 Å². The molecule has 0 radical (unpaired) electrons. The first-order valence-corrected chi connectivity index (χ1v) is 6.77. The summed E-state index contributed by atoms with van der Waals surface area (Å²) in [6, 6.07) is 0. The zero-order valence-electron chi connectivity index (χ0n) is 10.7. The van der Waals surface area contributed by atoms with Crippen LogP contribution in [-0.2, 0) is 4.52 Å². The van der Waals surface area contributed by atoms with Crippen molar-refractivity contribution in [3.8, 4) is 0 Å². The summed E-state index contributed by atoms with van der Waals surface area (Å²) in [5, 5.41) is 0. The Bertz CT molecular complexity index is 175. The van der Waals surface area contributed by atoms with Gasteiger partial charge in [-0.25, -0.2) is 0 Å². The van der Waals surface area contributed by atoms with E-state index >= 15 is 0 Å². The molecule has 0 rings (SSSR count). The third-order valence-electron chi connectivity index (χ3n) is 2.86. The Hall–Kier alpha value is 0.740. The van der Waals surface area contributed by atoms with Crippen molar-refractivity contribution in [1.29, 1.82) is 0 Å². The molecule has 0 aliphatic heterocycles. The summed E-state index contributed by atoms with van der Waals surface area (Å²) in [5.41, 5.74) is 0. The number of rotatable bonds is 8. The summed E-state index contributed by atoms with van der Waals surface area (Å²) >= 11 is 0. The molecule has 0 N–H and O–H groups in total. The Morgan fingerprint density at radius 2 is 1.33 bits per heavy atom.